The topological polar surface area (TPSA) is 91.8 Å². The summed E-state index contributed by atoms with van der Waals surface area (Å²) in [7, 11) is 3.02. The van der Waals surface area contributed by atoms with Gasteiger partial charge in [-0.05, 0) is 18.2 Å². The predicted octanol–water partition coefficient (Wildman–Crippen LogP) is 2.29. The summed E-state index contributed by atoms with van der Waals surface area (Å²) in [5.74, 6) is -0.605. The highest BCUT2D eigenvalue weighted by Gasteiger charge is 2.59. The molecule has 0 radical (unpaired) electrons. The lowest BCUT2D eigenvalue weighted by Gasteiger charge is -2.47. The molecule has 9 heteroatoms. The lowest BCUT2D eigenvalue weighted by Crippen LogP contribution is -2.68. The van der Waals surface area contributed by atoms with Gasteiger partial charge in [0, 0.05) is 32.2 Å². The molecule has 2 aromatic rings. The van der Waals surface area contributed by atoms with Crippen LogP contribution in [0.2, 0.25) is 5.02 Å². The molecule has 0 aliphatic carbocycles. The van der Waals surface area contributed by atoms with Gasteiger partial charge in [-0.3, -0.25) is 24.3 Å². The number of aromatic nitrogens is 1. The van der Waals surface area contributed by atoms with E-state index in [0.29, 0.717) is 27.7 Å². The van der Waals surface area contributed by atoms with E-state index in [4.69, 9.17) is 16.3 Å². The molecule has 0 spiro atoms. The summed E-state index contributed by atoms with van der Waals surface area (Å²) in [6, 6.07) is 6.40. The SMILES string of the molecule is COc1ccc2c(c1)N1C(=O)CCC1(C(=O)Nc1cncc(Cl)c1)N(C)C2=O. The van der Waals surface area contributed by atoms with Gasteiger partial charge < -0.3 is 15.0 Å². The standard InChI is InChI=1S/C19H17ClN4O4/c1-23-17(26)14-4-3-13(28-2)8-15(14)24-16(25)5-6-19(23,24)18(27)22-12-7-11(20)9-21-10-12/h3-4,7-10H,5-6H2,1-2H3,(H,22,27). The number of ether oxygens (including phenoxy) is 1. The molecule has 8 nitrogen and oxygen atoms in total. The van der Waals surface area contributed by atoms with E-state index in [9.17, 15) is 14.4 Å². The van der Waals surface area contributed by atoms with Gasteiger partial charge in [0.05, 0.1) is 35.3 Å². The van der Waals surface area contributed by atoms with E-state index in [1.54, 1.807) is 24.3 Å². The molecule has 0 saturated carbocycles. The Morgan fingerprint density at radius 3 is 2.79 bits per heavy atom. The summed E-state index contributed by atoms with van der Waals surface area (Å²) in [4.78, 5) is 45.8. The third kappa shape index (κ3) is 2.52. The molecule has 4 rings (SSSR count). The molecule has 1 fully saturated rings. The molecule has 28 heavy (non-hydrogen) atoms. The number of hydrogen-bond donors (Lipinski definition) is 1. The summed E-state index contributed by atoms with van der Waals surface area (Å²) in [5, 5.41) is 3.10. The largest absolute Gasteiger partial charge is 0.497 e. The molecule has 1 aromatic carbocycles. The number of anilines is 2. The number of likely N-dealkylation sites (N-methyl/N-ethyl adjacent to an activating group) is 1. The molecule has 1 saturated heterocycles. The van der Waals surface area contributed by atoms with Crippen molar-refractivity contribution in [3.63, 3.8) is 0 Å². The van der Waals surface area contributed by atoms with Crippen LogP contribution in [-0.2, 0) is 9.59 Å². The van der Waals surface area contributed by atoms with Crippen molar-refractivity contribution in [3.05, 3.63) is 47.2 Å². The maximum atomic E-state index is 13.3. The number of methoxy groups -OCH3 is 1. The quantitative estimate of drug-likeness (QED) is 0.853. The summed E-state index contributed by atoms with van der Waals surface area (Å²) < 4.78 is 5.24. The van der Waals surface area contributed by atoms with Crippen LogP contribution in [0.4, 0.5) is 11.4 Å². The van der Waals surface area contributed by atoms with Crippen molar-refractivity contribution in [2.75, 3.05) is 24.4 Å². The fourth-order valence-electron chi connectivity index (χ4n) is 3.79. The van der Waals surface area contributed by atoms with Gasteiger partial charge in [-0.2, -0.15) is 0 Å². The Balaban J connectivity index is 1.83. The van der Waals surface area contributed by atoms with E-state index in [1.807, 2.05) is 0 Å². The number of nitrogens with one attached hydrogen (secondary N) is 1. The zero-order valence-electron chi connectivity index (χ0n) is 15.2. The van der Waals surface area contributed by atoms with E-state index in [2.05, 4.69) is 10.3 Å². The first-order chi connectivity index (χ1) is 13.4. The molecular formula is C19H17ClN4O4. The molecule has 2 aliphatic heterocycles. The van der Waals surface area contributed by atoms with Gasteiger partial charge in [0.15, 0.2) is 0 Å². The average Bonchev–Trinajstić information content (AvgIpc) is 3.04. The number of nitrogens with zero attached hydrogens (tertiary/aromatic N) is 3. The zero-order chi connectivity index (χ0) is 20.1. The fraction of sp³-hybridized carbons (Fsp3) is 0.263. The minimum Gasteiger partial charge on any atom is -0.497 e. The number of benzene rings is 1. The van der Waals surface area contributed by atoms with Crippen molar-refractivity contribution in [2.45, 2.75) is 18.5 Å². The molecule has 3 heterocycles. The second kappa shape index (κ2) is 6.49. The highest BCUT2D eigenvalue weighted by Crippen LogP contribution is 2.45. The van der Waals surface area contributed by atoms with Crippen molar-refractivity contribution >= 4 is 40.7 Å². The van der Waals surface area contributed by atoms with Crippen LogP contribution < -0.4 is 15.0 Å². The molecule has 1 N–H and O–H groups in total. The molecule has 2 aliphatic rings. The minimum absolute atomic E-state index is 0.134. The van der Waals surface area contributed by atoms with E-state index >= 15 is 0 Å². The van der Waals surface area contributed by atoms with Crippen molar-refractivity contribution < 1.29 is 19.1 Å². The molecule has 0 bridgehead atoms. The Morgan fingerprint density at radius 1 is 1.29 bits per heavy atom. The number of pyridine rings is 1. The number of fused-ring (bicyclic) bond motifs is 3. The first-order valence-corrected chi connectivity index (χ1v) is 8.97. The first kappa shape index (κ1) is 18.2. The summed E-state index contributed by atoms with van der Waals surface area (Å²) in [6.45, 7) is 0. The van der Waals surface area contributed by atoms with Crippen LogP contribution >= 0.6 is 11.6 Å². The number of halogens is 1. The lowest BCUT2D eigenvalue weighted by molar-refractivity contribution is -0.128. The van der Waals surface area contributed by atoms with Crippen molar-refractivity contribution in [1.82, 2.24) is 9.88 Å². The number of rotatable bonds is 3. The Kier molecular flexibility index (Phi) is 4.23. The fourth-order valence-corrected chi connectivity index (χ4v) is 3.97. The van der Waals surface area contributed by atoms with Gasteiger partial charge in [-0.25, -0.2) is 0 Å². The predicted molar refractivity (Wildman–Crippen MR) is 102 cm³/mol. The van der Waals surface area contributed by atoms with Crippen LogP contribution in [0.3, 0.4) is 0 Å². The second-order valence-electron chi connectivity index (χ2n) is 6.64. The molecule has 1 aromatic heterocycles. The molecule has 1 atom stereocenters. The van der Waals surface area contributed by atoms with Crippen LogP contribution in [0.5, 0.6) is 5.75 Å². The van der Waals surface area contributed by atoms with Crippen LogP contribution in [-0.4, -0.2) is 47.4 Å². The van der Waals surface area contributed by atoms with Crippen molar-refractivity contribution in [3.8, 4) is 5.75 Å². The summed E-state index contributed by atoms with van der Waals surface area (Å²) in [6.07, 6.45) is 3.20. The number of amides is 3. The van der Waals surface area contributed by atoms with Gasteiger partial charge in [0.2, 0.25) is 11.6 Å². The van der Waals surface area contributed by atoms with Gasteiger partial charge in [0.25, 0.3) is 11.8 Å². The number of carbonyl (C=O) groups is 3. The maximum absolute atomic E-state index is 13.3. The van der Waals surface area contributed by atoms with Crippen LogP contribution in [0.15, 0.2) is 36.7 Å². The van der Waals surface area contributed by atoms with Crippen molar-refractivity contribution in [2.24, 2.45) is 0 Å². The van der Waals surface area contributed by atoms with Crippen LogP contribution in [0.25, 0.3) is 0 Å². The van der Waals surface area contributed by atoms with Crippen LogP contribution in [0.1, 0.15) is 23.2 Å². The van der Waals surface area contributed by atoms with E-state index in [-0.39, 0.29) is 24.7 Å². The third-order valence-electron chi connectivity index (χ3n) is 5.17. The molecule has 1 unspecified atom stereocenters. The lowest BCUT2D eigenvalue weighted by atomic mass is 9.96. The maximum Gasteiger partial charge on any atom is 0.271 e. The second-order valence-corrected chi connectivity index (χ2v) is 7.08. The van der Waals surface area contributed by atoms with Gasteiger partial charge in [-0.1, -0.05) is 11.6 Å². The molecule has 144 valence electrons. The van der Waals surface area contributed by atoms with E-state index in [0.717, 1.165) is 0 Å². The molecular weight excluding hydrogens is 384 g/mol. The highest BCUT2D eigenvalue weighted by atomic mass is 35.5. The van der Waals surface area contributed by atoms with Gasteiger partial charge >= 0.3 is 0 Å². The highest BCUT2D eigenvalue weighted by molar-refractivity contribution is 6.30. The van der Waals surface area contributed by atoms with Gasteiger partial charge in [-0.15, -0.1) is 0 Å². The zero-order valence-corrected chi connectivity index (χ0v) is 16.0. The number of carbonyl (C=O) groups excluding carboxylic acids is 3. The summed E-state index contributed by atoms with van der Waals surface area (Å²) >= 11 is 5.94. The van der Waals surface area contributed by atoms with Crippen molar-refractivity contribution in [1.29, 1.82) is 0 Å². The number of hydrogen-bond acceptors (Lipinski definition) is 5. The first-order valence-electron chi connectivity index (χ1n) is 8.60. The van der Waals surface area contributed by atoms with Crippen LogP contribution in [0, 0.1) is 0 Å². The Hall–Kier alpha value is -3.13. The average molecular weight is 401 g/mol. The van der Waals surface area contributed by atoms with E-state index in [1.165, 1.54) is 36.4 Å². The minimum atomic E-state index is -1.48. The third-order valence-corrected chi connectivity index (χ3v) is 5.38. The Bertz CT molecular complexity index is 1010. The monoisotopic (exact) mass is 400 g/mol. The Morgan fingerprint density at radius 2 is 2.07 bits per heavy atom. The Labute approximate surface area is 166 Å². The smallest absolute Gasteiger partial charge is 0.271 e. The summed E-state index contributed by atoms with van der Waals surface area (Å²) in [5.41, 5.74) is -0.394. The van der Waals surface area contributed by atoms with Gasteiger partial charge in [0.1, 0.15) is 5.75 Å². The molecule has 3 amide bonds. The normalized spacial score (nSPS) is 20.7. The van der Waals surface area contributed by atoms with E-state index < -0.39 is 11.6 Å².